The molecular formula is C17H23N3O6. The number of alkyl carbamates (subject to hydrolysis) is 1. The van der Waals surface area contributed by atoms with Crippen molar-refractivity contribution < 1.29 is 24.0 Å². The molecule has 0 aliphatic carbocycles. The zero-order valence-corrected chi connectivity index (χ0v) is 15.3. The van der Waals surface area contributed by atoms with Crippen molar-refractivity contribution in [1.82, 2.24) is 5.32 Å². The van der Waals surface area contributed by atoms with Crippen LogP contribution in [0.2, 0.25) is 0 Å². The number of benzene rings is 1. The zero-order valence-electron chi connectivity index (χ0n) is 15.3. The molecule has 1 aromatic carbocycles. The van der Waals surface area contributed by atoms with Crippen LogP contribution in [0.4, 0.5) is 16.2 Å². The molecule has 1 aliphatic rings. The van der Waals surface area contributed by atoms with E-state index in [1.54, 1.807) is 25.7 Å². The van der Waals surface area contributed by atoms with Gasteiger partial charge in [-0.25, -0.2) is 9.59 Å². The lowest BCUT2D eigenvalue weighted by atomic mass is 10.1. The van der Waals surface area contributed by atoms with Crippen molar-refractivity contribution in [3.63, 3.8) is 0 Å². The van der Waals surface area contributed by atoms with Crippen molar-refractivity contribution >= 4 is 23.4 Å². The third-order valence-electron chi connectivity index (χ3n) is 3.84. The maximum atomic E-state index is 11.9. The van der Waals surface area contributed by atoms with Crippen molar-refractivity contribution in [3.8, 4) is 0 Å². The van der Waals surface area contributed by atoms with Crippen molar-refractivity contribution in [2.24, 2.45) is 0 Å². The highest BCUT2D eigenvalue weighted by molar-refractivity contribution is 5.91. The number of ether oxygens (including phenoxy) is 2. The first kappa shape index (κ1) is 19.5. The highest BCUT2D eigenvalue weighted by atomic mass is 16.6. The van der Waals surface area contributed by atoms with Crippen LogP contribution in [0.25, 0.3) is 0 Å². The standard InChI is InChI=1S/C17H23N3O6/c1-17(2,3)26-16(22)18-12-7-8-19(10-12)14-9-11(15(21)25-4)5-6-13(14)20(23)24/h5-6,9,12H,7-8,10H2,1-4H3,(H,18,22)/t12-/m1/s1. The summed E-state index contributed by atoms with van der Waals surface area (Å²) >= 11 is 0. The van der Waals surface area contributed by atoms with Crippen LogP contribution in [0.1, 0.15) is 37.6 Å². The molecule has 0 unspecified atom stereocenters. The van der Waals surface area contributed by atoms with Crippen molar-refractivity contribution in [1.29, 1.82) is 0 Å². The van der Waals surface area contributed by atoms with E-state index in [0.717, 1.165) is 0 Å². The summed E-state index contributed by atoms with van der Waals surface area (Å²) in [5, 5.41) is 14.1. The topological polar surface area (TPSA) is 111 Å². The van der Waals surface area contributed by atoms with E-state index in [9.17, 15) is 19.7 Å². The number of hydrogen-bond donors (Lipinski definition) is 1. The molecule has 1 heterocycles. The minimum Gasteiger partial charge on any atom is -0.465 e. The fourth-order valence-electron chi connectivity index (χ4n) is 2.75. The minimum atomic E-state index is -0.601. The van der Waals surface area contributed by atoms with E-state index < -0.39 is 22.6 Å². The molecule has 0 aromatic heterocycles. The summed E-state index contributed by atoms with van der Waals surface area (Å²) in [6, 6.07) is 3.89. The SMILES string of the molecule is COC(=O)c1ccc([N+](=O)[O-])c(N2CC[C@@H](NC(=O)OC(C)(C)C)C2)c1. The molecule has 1 N–H and O–H groups in total. The number of esters is 1. The second-order valence-corrected chi connectivity index (χ2v) is 7.03. The van der Waals surface area contributed by atoms with Gasteiger partial charge in [-0.2, -0.15) is 0 Å². The van der Waals surface area contributed by atoms with E-state index in [4.69, 9.17) is 4.74 Å². The van der Waals surface area contributed by atoms with Gasteiger partial charge in [-0.15, -0.1) is 0 Å². The number of rotatable bonds is 4. The Morgan fingerprint density at radius 2 is 2.04 bits per heavy atom. The van der Waals surface area contributed by atoms with Gasteiger partial charge in [-0.1, -0.05) is 0 Å². The van der Waals surface area contributed by atoms with Crippen LogP contribution >= 0.6 is 0 Å². The molecule has 1 fully saturated rings. The van der Waals surface area contributed by atoms with Gasteiger partial charge in [-0.3, -0.25) is 10.1 Å². The first-order valence-corrected chi connectivity index (χ1v) is 8.22. The molecule has 0 spiro atoms. The summed E-state index contributed by atoms with van der Waals surface area (Å²) in [6.07, 6.45) is 0.0842. The molecule has 0 saturated carbocycles. The summed E-state index contributed by atoms with van der Waals surface area (Å²) in [6.45, 7) is 6.20. The third kappa shape index (κ3) is 4.84. The lowest BCUT2D eigenvalue weighted by Crippen LogP contribution is -2.40. The van der Waals surface area contributed by atoms with Crippen molar-refractivity contribution in [2.45, 2.75) is 38.8 Å². The second kappa shape index (κ2) is 7.59. The Balaban J connectivity index is 2.15. The summed E-state index contributed by atoms with van der Waals surface area (Å²) in [7, 11) is 1.25. The predicted octanol–water partition coefficient (Wildman–Crippen LogP) is 2.48. The fourth-order valence-corrected chi connectivity index (χ4v) is 2.75. The number of nitro groups is 1. The Hall–Kier alpha value is -2.84. The number of carbonyl (C=O) groups is 2. The number of methoxy groups -OCH3 is 1. The second-order valence-electron chi connectivity index (χ2n) is 7.03. The molecule has 1 saturated heterocycles. The highest BCUT2D eigenvalue weighted by Gasteiger charge is 2.30. The number of carbonyl (C=O) groups excluding carboxylic acids is 2. The minimum absolute atomic E-state index is 0.101. The Kier molecular flexibility index (Phi) is 5.69. The largest absolute Gasteiger partial charge is 0.465 e. The van der Waals surface area contributed by atoms with Gasteiger partial charge in [0.05, 0.1) is 23.6 Å². The van der Waals surface area contributed by atoms with Crippen LogP contribution in [-0.2, 0) is 9.47 Å². The molecule has 1 aromatic rings. The van der Waals surface area contributed by atoms with Crippen molar-refractivity contribution in [3.05, 3.63) is 33.9 Å². The molecule has 142 valence electrons. The fraction of sp³-hybridized carbons (Fsp3) is 0.529. The lowest BCUT2D eigenvalue weighted by Gasteiger charge is -2.22. The van der Waals surface area contributed by atoms with E-state index >= 15 is 0 Å². The van der Waals surface area contributed by atoms with Gasteiger partial charge in [0.2, 0.25) is 0 Å². The maximum absolute atomic E-state index is 11.9. The molecular weight excluding hydrogens is 342 g/mol. The number of nitrogens with one attached hydrogen (secondary N) is 1. The van der Waals surface area contributed by atoms with Crippen LogP contribution in [0.5, 0.6) is 0 Å². The van der Waals surface area contributed by atoms with E-state index in [1.165, 1.54) is 25.3 Å². The third-order valence-corrected chi connectivity index (χ3v) is 3.84. The summed E-state index contributed by atoms with van der Waals surface area (Å²) in [5.74, 6) is -0.566. The number of anilines is 1. The number of nitro benzene ring substituents is 1. The van der Waals surface area contributed by atoms with Crippen LogP contribution in [0.15, 0.2) is 18.2 Å². The molecule has 1 aliphatic heterocycles. The van der Waals surface area contributed by atoms with Gasteiger partial charge in [-0.05, 0) is 39.3 Å². The van der Waals surface area contributed by atoms with Crippen LogP contribution < -0.4 is 10.2 Å². The van der Waals surface area contributed by atoms with Crippen molar-refractivity contribution in [2.75, 3.05) is 25.1 Å². The molecule has 9 heteroatoms. The Morgan fingerprint density at radius 1 is 1.35 bits per heavy atom. The first-order valence-electron chi connectivity index (χ1n) is 8.22. The van der Waals surface area contributed by atoms with Gasteiger partial charge < -0.3 is 19.7 Å². The van der Waals surface area contributed by atoms with E-state index in [1.807, 2.05) is 0 Å². The van der Waals surface area contributed by atoms with E-state index in [2.05, 4.69) is 10.1 Å². The lowest BCUT2D eigenvalue weighted by molar-refractivity contribution is -0.384. The molecule has 1 amide bonds. The quantitative estimate of drug-likeness (QED) is 0.496. The molecule has 26 heavy (non-hydrogen) atoms. The van der Waals surface area contributed by atoms with Gasteiger partial charge in [0.1, 0.15) is 11.3 Å². The van der Waals surface area contributed by atoms with Gasteiger partial charge in [0, 0.05) is 19.2 Å². The zero-order chi connectivity index (χ0) is 19.5. The van der Waals surface area contributed by atoms with Crippen LogP contribution in [0.3, 0.4) is 0 Å². The number of nitrogens with zero attached hydrogens (tertiary/aromatic N) is 2. The van der Waals surface area contributed by atoms with E-state index in [-0.39, 0.29) is 17.3 Å². The molecule has 0 bridgehead atoms. The Labute approximate surface area is 151 Å². The number of amides is 1. The van der Waals surface area contributed by atoms with Gasteiger partial charge in [0.25, 0.3) is 5.69 Å². The highest BCUT2D eigenvalue weighted by Crippen LogP contribution is 2.32. The van der Waals surface area contributed by atoms with Gasteiger partial charge >= 0.3 is 12.1 Å². The Bertz CT molecular complexity index is 713. The molecule has 0 radical (unpaired) electrons. The summed E-state index contributed by atoms with van der Waals surface area (Å²) in [4.78, 5) is 36.2. The molecule has 2 rings (SSSR count). The van der Waals surface area contributed by atoms with Crippen LogP contribution in [0, 0.1) is 10.1 Å². The van der Waals surface area contributed by atoms with E-state index in [0.29, 0.717) is 25.2 Å². The Morgan fingerprint density at radius 3 is 2.62 bits per heavy atom. The summed E-state index contributed by atoms with van der Waals surface area (Å²) < 4.78 is 9.90. The normalized spacial score (nSPS) is 16.9. The smallest absolute Gasteiger partial charge is 0.407 e. The molecule has 1 atom stereocenters. The van der Waals surface area contributed by atoms with Gasteiger partial charge in [0.15, 0.2) is 0 Å². The summed E-state index contributed by atoms with van der Waals surface area (Å²) in [5.41, 5.74) is -0.144. The van der Waals surface area contributed by atoms with Crippen LogP contribution in [-0.4, -0.2) is 48.8 Å². The maximum Gasteiger partial charge on any atom is 0.407 e. The molecule has 9 nitrogen and oxygen atoms in total. The average Bonchev–Trinajstić information content (AvgIpc) is 2.99. The monoisotopic (exact) mass is 365 g/mol. The number of hydrogen-bond acceptors (Lipinski definition) is 7. The first-order chi connectivity index (χ1) is 12.1. The predicted molar refractivity (Wildman–Crippen MR) is 94.4 cm³/mol. The average molecular weight is 365 g/mol.